The Balaban J connectivity index is 3.05. The van der Waals surface area contributed by atoms with Gasteiger partial charge in [0.05, 0.1) is 12.1 Å². The smallest absolute Gasteiger partial charge is 0.314 e. The molecule has 1 rings (SSSR count). The van der Waals surface area contributed by atoms with E-state index < -0.39 is 0 Å². The van der Waals surface area contributed by atoms with E-state index in [1.165, 1.54) is 25.7 Å². The first kappa shape index (κ1) is 19.1. The third kappa shape index (κ3) is 4.05. The van der Waals surface area contributed by atoms with Crippen molar-refractivity contribution in [3.05, 3.63) is 12.7 Å². The Bertz CT molecular complexity index is 389. The van der Waals surface area contributed by atoms with Crippen LogP contribution in [-0.4, -0.2) is 39.0 Å². The lowest BCUT2D eigenvalue weighted by Gasteiger charge is -2.37. The Labute approximate surface area is 137 Å². The van der Waals surface area contributed by atoms with Crippen molar-refractivity contribution >= 4 is 6.03 Å². The average molecular weight is 309 g/mol. The largest absolute Gasteiger partial charge is 0.321 e. The first-order valence-corrected chi connectivity index (χ1v) is 8.81. The summed E-state index contributed by atoms with van der Waals surface area (Å²) in [5, 5.41) is 0. The molecule has 0 aliphatic carbocycles. The number of nitrogens with zero attached hydrogens (tertiary/aromatic N) is 2. The van der Waals surface area contributed by atoms with E-state index in [2.05, 4.69) is 59.9 Å². The number of hydrogen-bond donors (Lipinski definition) is 0. The van der Waals surface area contributed by atoms with Gasteiger partial charge in [0.2, 0.25) is 0 Å². The maximum Gasteiger partial charge on any atom is 0.321 e. The maximum atomic E-state index is 13.1. The third-order valence-corrected chi connectivity index (χ3v) is 4.48. The van der Waals surface area contributed by atoms with Crippen molar-refractivity contribution in [1.29, 1.82) is 0 Å². The molecule has 0 saturated carbocycles. The Morgan fingerprint density at radius 2 is 1.55 bits per heavy atom. The molecule has 0 radical (unpaired) electrons. The number of unbranched alkanes of at least 4 members (excludes halogenated alkanes) is 3. The molecule has 0 aromatic rings. The zero-order valence-corrected chi connectivity index (χ0v) is 15.8. The van der Waals surface area contributed by atoms with Gasteiger partial charge in [0.25, 0.3) is 0 Å². The van der Waals surface area contributed by atoms with Gasteiger partial charge in [0, 0.05) is 11.1 Å². The molecule has 0 aromatic heterocycles. The first-order chi connectivity index (χ1) is 10.1. The fourth-order valence-electron chi connectivity index (χ4n) is 3.57. The van der Waals surface area contributed by atoms with Gasteiger partial charge < -0.3 is 9.80 Å². The summed E-state index contributed by atoms with van der Waals surface area (Å²) in [6, 6.07) is 0.500. The fourth-order valence-corrected chi connectivity index (χ4v) is 3.57. The summed E-state index contributed by atoms with van der Waals surface area (Å²) in [5.41, 5.74) is -0.342. The van der Waals surface area contributed by atoms with Gasteiger partial charge in [-0.1, -0.05) is 38.7 Å². The standard InChI is InChI=1S/C19H36N2O/c1-9-11-12-13-14-16-15(10-2)20(18(3,4)5)17(22)21(16)19(6,7)8/h10,15-16H,2,9,11-14H2,1,3-8H3/t15-,16-/m1/s1. The van der Waals surface area contributed by atoms with Gasteiger partial charge in [-0.05, 0) is 48.0 Å². The van der Waals surface area contributed by atoms with Gasteiger partial charge in [-0.2, -0.15) is 0 Å². The zero-order valence-electron chi connectivity index (χ0n) is 15.8. The Hall–Kier alpha value is -0.990. The van der Waals surface area contributed by atoms with E-state index >= 15 is 0 Å². The lowest BCUT2D eigenvalue weighted by atomic mass is 9.94. The van der Waals surface area contributed by atoms with Crippen LogP contribution in [0.4, 0.5) is 4.79 Å². The first-order valence-electron chi connectivity index (χ1n) is 8.81. The van der Waals surface area contributed by atoms with Crippen molar-refractivity contribution in [1.82, 2.24) is 9.80 Å². The number of amides is 2. The molecule has 1 aliphatic heterocycles. The zero-order chi connectivity index (χ0) is 17.1. The molecule has 1 heterocycles. The summed E-state index contributed by atoms with van der Waals surface area (Å²) >= 11 is 0. The topological polar surface area (TPSA) is 23.6 Å². The van der Waals surface area contributed by atoms with E-state index in [1.54, 1.807) is 0 Å². The van der Waals surface area contributed by atoms with Crippen molar-refractivity contribution in [2.45, 2.75) is 104 Å². The van der Waals surface area contributed by atoms with Crippen LogP contribution in [0.5, 0.6) is 0 Å². The second-order valence-electron chi connectivity index (χ2n) is 8.51. The molecule has 2 atom stereocenters. The predicted octanol–water partition coefficient (Wildman–Crippen LogP) is 5.21. The van der Waals surface area contributed by atoms with E-state index in [-0.39, 0.29) is 29.2 Å². The summed E-state index contributed by atoms with van der Waals surface area (Å²) in [7, 11) is 0. The molecule has 0 unspecified atom stereocenters. The lowest BCUT2D eigenvalue weighted by molar-refractivity contribution is 0.121. The van der Waals surface area contributed by atoms with Crippen LogP contribution in [0.2, 0.25) is 0 Å². The van der Waals surface area contributed by atoms with Crippen LogP contribution >= 0.6 is 0 Å². The molecule has 0 aromatic carbocycles. The molecule has 1 fully saturated rings. The average Bonchev–Trinajstić information content (AvgIpc) is 2.66. The molecular formula is C19H36N2O. The fraction of sp³-hybridized carbons (Fsp3) is 0.842. The minimum Gasteiger partial charge on any atom is -0.314 e. The highest BCUT2D eigenvalue weighted by molar-refractivity contribution is 5.80. The summed E-state index contributed by atoms with van der Waals surface area (Å²) in [4.78, 5) is 17.2. The van der Waals surface area contributed by atoms with E-state index in [1.807, 2.05) is 11.0 Å². The number of hydrogen-bond acceptors (Lipinski definition) is 1. The molecular weight excluding hydrogens is 272 g/mol. The van der Waals surface area contributed by atoms with Crippen LogP contribution in [0.25, 0.3) is 0 Å². The van der Waals surface area contributed by atoms with Gasteiger partial charge in [0.15, 0.2) is 0 Å². The molecule has 22 heavy (non-hydrogen) atoms. The van der Waals surface area contributed by atoms with Gasteiger partial charge in [0.1, 0.15) is 0 Å². The van der Waals surface area contributed by atoms with Crippen LogP contribution in [0.1, 0.15) is 80.6 Å². The lowest BCUT2D eigenvalue weighted by Crippen LogP contribution is -2.50. The number of carbonyl (C=O) groups is 1. The van der Waals surface area contributed by atoms with Crippen LogP contribution in [0.3, 0.4) is 0 Å². The normalized spacial score (nSPS) is 23.3. The highest BCUT2D eigenvalue weighted by Gasteiger charge is 2.51. The number of rotatable bonds is 6. The van der Waals surface area contributed by atoms with Crippen LogP contribution in [-0.2, 0) is 0 Å². The second kappa shape index (κ2) is 7.06. The van der Waals surface area contributed by atoms with Gasteiger partial charge in [-0.25, -0.2) is 4.79 Å². The minimum absolute atomic E-state index is 0.105. The van der Waals surface area contributed by atoms with Crippen molar-refractivity contribution < 1.29 is 4.79 Å². The van der Waals surface area contributed by atoms with Gasteiger partial charge in [-0.3, -0.25) is 0 Å². The van der Waals surface area contributed by atoms with Crippen molar-refractivity contribution in [3.63, 3.8) is 0 Å². The molecule has 3 nitrogen and oxygen atoms in total. The van der Waals surface area contributed by atoms with E-state index in [0.29, 0.717) is 0 Å². The number of urea groups is 1. The molecule has 3 heteroatoms. The molecule has 0 bridgehead atoms. The monoisotopic (exact) mass is 308 g/mol. The van der Waals surface area contributed by atoms with E-state index in [4.69, 9.17) is 0 Å². The molecule has 0 spiro atoms. The minimum atomic E-state index is -0.183. The molecule has 2 amide bonds. The van der Waals surface area contributed by atoms with Crippen molar-refractivity contribution in [2.75, 3.05) is 0 Å². The summed E-state index contributed by atoms with van der Waals surface area (Å²) in [5.74, 6) is 0. The Morgan fingerprint density at radius 1 is 1.00 bits per heavy atom. The molecule has 1 aliphatic rings. The number of carbonyl (C=O) groups excluding carboxylic acids is 1. The summed E-state index contributed by atoms with van der Waals surface area (Å²) < 4.78 is 0. The predicted molar refractivity (Wildman–Crippen MR) is 95.1 cm³/mol. The molecule has 128 valence electrons. The van der Waals surface area contributed by atoms with Crippen LogP contribution in [0.15, 0.2) is 12.7 Å². The Morgan fingerprint density at radius 3 is 1.95 bits per heavy atom. The van der Waals surface area contributed by atoms with Crippen LogP contribution in [0, 0.1) is 0 Å². The summed E-state index contributed by atoms with van der Waals surface area (Å²) in [6.45, 7) is 19.0. The van der Waals surface area contributed by atoms with Gasteiger partial charge in [-0.15, -0.1) is 6.58 Å². The molecule has 0 N–H and O–H groups in total. The maximum absolute atomic E-state index is 13.1. The highest BCUT2D eigenvalue weighted by Crippen LogP contribution is 2.37. The van der Waals surface area contributed by atoms with Crippen molar-refractivity contribution in [2.24, 2.45) is 0 Å². The van der Waals surface area contributed by atoms with Gasteiger partial charge >= 0.3 is 6.03 Å². The SMILES string of the molecule is C=C[C@@H]1[C@@H](CCCCCC)N(C(C)(C)C)C(=O)N1C(C)(C)C. The van der Waals surface area contributed by atoms with E-state index in [0.717, 1.165) is 6.42 Å². The third-order valence-electron chi connectivity index (χ3n) is 4.48. The Kier molecular flexibility index (Phi) is 6.11. The van der Waals surface area contributed by atoms with Crippen molar-refractivity contribution in [3.8, 4) is 0 Å². The quantitative estimate of drug-likeness (QED) is 0.488. The summed E-state index contributed by atoms with van der Waals surface area (Å²) in [6.07, 6.45) is 7.98. The highest BCUT2D eigenvalue weighted by atomic mass is 16.2. The van der Waals surface area contributed by atoms with Crippen LogP contribution < -0.4 is 0 Å². The molecule has 1 saturated heterocycles. The van der Waals surface area contributed by atoms with E-state index in [9.17, 15) is 4.79 Å². The second-order valence-corrected chi connectivity index (χ2v) is 8.51.